The summed E-state index contributed by atoms with van der Waals surface area (Å²) in [6, 6.07) is 14.8. The Hall–Kier alpha value is -4.47. The van der Waals surface area contributed by atoms with Gasteiger partial charge in [0.2, 0.25) is 5.82 Å². The molecule has 0 aliphatic heterocycles. The van der Waals surface area contributed by atoms with E-state index in [0.29, 0.717) is 0 Å². The maximum absolute atomic E-state index is 12.3. The van der Waals surface area contributed by atoms with Crippen LogP contribution in [0.4, 0.5) is 10.7 Å². The zero-order chi connectivity index (χ0) is 23.4. The molecule has 0 fully saturated rings. The van der Waals surface area contributed by atoms with Gasteiger partial charge in [-0.15, -0.1) is 11.7 Å². The molecule has 10 nitrogen and oxygen atoms in total. The first-order valence-corrected chi connectivity index (χ1v) is 10.2. The summed E-state index contributed by atoms with van der Waals surface area (Å²) in [6.45, 7) is 3.57. The highest BCUT2D eigenvalue weighted by Gasteiger charge is 2.29. The summed E-state index contributed by atoms with van der Waals surface area (Å²) in [4.78, 5) is 39.5. The fourth-order valence-corrected chi connectivity index (χ4v) is 3.76. The van der Waals surface area contributed by atoms with Crippen LogP contribution in [0.2, 0.25) is 0 Å². The predicted molar refractivity (Wildman–Crippen MR) is 119 cm³/mol. The van der Waals surface area contributed by atoms with E-state index in [1.165, 1.54) is 6.08 Å². The summed E-state index contributed by atoms with van der Waals surface area (Å²) in [5, 5.41) is 19.9. The minimum Gasteiger partial charge on any atom is -0.480 e. The molecule has 1 aliphatic rings. The summed E-state index contributed by atoms with van der Waals surface area (Å²) in [5.74, 6) is -2.52. The lowest BCUT2D eigenvalue weighted by Crippen LogP contribution is -2.40. The lowest BCUT2D eigenvalue weighted by molar-refractivity contribution is -0.139. The molecule has 33 heavy (non-hydrogen) atoms. The topological polar surface area (TPSA) is 146 Å². The molecule has 4 rings (SSSR count). The third kappa shape index (κ3) is 4.59. The van der Waals surface area contributed by atoms with Gasteiger partial charge in [-0.3, -0.25) is 15.2 Å². The van der Waals surface area contributed by atoms with Gasteiger partial charge in [-0.25, -0.2) is 9.59 Å². The van der Waals surface area contributed by atoms with Crippen LogP contribution in [-0.4, -0.2) is 50.9 Å². The molecule has 3 aromatic rings. The van der Waals surface area contributed by atoms with E-state index in [1.54, 1.807) is 0 Å². The van der Waals surface area contributed by atoms with Crippen molar-refractivity contribution >= 4 is 23.9 Å². The lowest BCUT2D eigenvalue weighted by atomic mass is 9.98. The summed E-state index contributed by atoms with van der Waals surface area (Å²) in [6.07, 6.45) is 0.641. The Morgan fingerprint density at radius 3 is 2.36 bits per heavy atom. The molecule has 10 heteroatoms. The predicted octanol–water partition coefficient (Wildman–Crippen LogP) is 2.92. The minimum atomic E-state index is -1.21. The van der Waals surface area contributed by atoms with Crippen LogP contribution in [0.5, 0.6) is 0 Å². The second-order valence-electron chi connectivity index (χ2n) is 7.35. The van der Waals surface area contributed by atoms with Crippen LogP contribution in [0.15, 0.2) is 61.2 Å². The number of carboxylic acid groups (broad SMARTS) is 1. The fourth-order valence-electron chi connectivity index (χ4n) is 3.76. The molecule has 0 saturated heterocycles. The van der Waals surface area contributed by atoms with E-state index in [-0.39, 0.29) is 30.7 Å². The zero-order valence-corrected chi connectivity index (χ0v) is 17.4. The number of carbonyl (C=O) groups is 3. The van der Waals surface area contributed by atoms with Crippen molar-refractivity contribution in [2.45, 2.75) is 18.4 Å². The highest BCUT2D eigenvalue weighted by molar-refractivity contribution is 5.94. The molecule has 4 N–H and O–H groups in total. The zero-order valence-electron chi connectivity index (χ0n) is 17.4. The minimum absolute atomic E-state index is 0.0417. The number of aromatic amines is 1. The largest absolute Gasteiger partial charge is 0.480 e. The van der Waals surface area contributed by atoms with Gasteiger partial charge < -0.3 is 15.2 Å². The first-order chi connectivity index (χ1) is 16.0. The van der Waals surface area contributed by atoms with Crippen LogP contribution in [-0.2, 0) is 9.53 Å². The van der Waals surface area contributed by atoms with Crippen LogP contribution in [0.3, 0.4) is 0 Å². The number of ether oxygens (including phenoxy) is 1. The Morgan fingerprint density at radius 2 is 1.76 bits per heavy atom. The lowest BCUT2D eigenvalue weighted by Gasteiger charge is -2.13. The van der Waals surface area contributed by atoms with Crippen molar-refractivity contribution in [2.75, 3.05) is 11.9 Å². The number of carbonyl (C=O) groups excluding carboxylic acids is 2. The molecule has 1 aliphatic carbocycles. The van der Waals surface area contributed by atoms with Crippen LogP contribution >= 0.6 is 0 Å². The first kappa shape index (κ1) is 21.8. The summed E-state index contributed by atoms with van der Waals surface area (Å²) < 4.78 is 5.41. The number of hydrogen-bond donors (Lipinski definition) is 4. The molecule has 1 atom stereocenters. The van der Waals surface area contributed by atoms with Gasteiger partial charge in [-0.2, -0.15) is 4.98 Å². The van der Waals surface area contributed by atoms with Crippen LogP contribution in [0.1, 0.15) is 34.1 Å². The van der Waals surface area contributed by atoms with Gasteiger partial charge in [0.15, 0.2) is 0 Å². The number of aromatic nitrogens is 3. The van der Waals surface area contributed by atoms with Crippen LogP contribution in [0, 0.1) is 0 Å². The van der Waals surface area contributed by atoms with E-state index < -0.39 is 24.0 Å². The molecule has 0 bridgehead atoms. The Balaban J connectivity index is 1.37. The number of hydrogen-bond acceptors (Lipinski definition) is 6. The number of nitrogens with zero attached hydrogens (tertiary/aromatic N) is 2. The molecule has 2 aromatic carbocycles. The molecule has 1 unspecified atom stereocenters. The van der Waals surface area contributed by atoms with E-state index >= 15 is 0 Å². The smallest absolute Gasteiger partial charge is 0.414 e. The molecule has 0 radical (unpaired) electrons. The van der Waals surface area contributed by atoms with Crippen LogP contribution in [0.25, 0.3) is 11.1 Å². The number of nitrogens with one attached hydrogen (secondary N) is 3. The standard InChI is InChI=1S/C23H21N5O5/c1-2-7-18(21(30)31)24-20(29)19-25-22(28-27-19)26-23(32)33-12-17-15-10-5-3-8-13(15)14-9-4-6-11-16(14)17/h2-6,8-11,17-18H,1,7,12H2,(H,24,29)(H,30,31)(H2,25,26,27,28,32). The molecule has 0 spiro atoms. The van der Waals surface area contributed by atoms with Crippen molar-refractivity contribution in [2.24, 2.45) is 0 Å². The SMILES string of the molecule is C=CCC(NC(=O)c1nc(NC(=O)OCC2c3ccccc3-c3ccccc32)n[nH]1)C(=O)O. The maximum Gasteiger partial charge on any atom is 0.414 e. The monoisotopic (exact) mass is 447 g/mol. The number of rotatable bonds is 8. The van der Waals surface area contributed by atoms with E-state index in [2.05, 4.69) is 32.4 Å². The molecule has 2 amide bonds. The van der Waals surface area contributed by atoms with Crippen molar-refractivity contribution in [1.29, 1.82) is 0 Å². The average molecular weight is 447 g/mol. The van der Waals surface area contributed by atoms with Gasteiger partial charge in [0, 0.05) is 5.92 Å². The van der Waals surface area contributed by atoms with E-state index in [0.717, 1.165) is 22.3 Å². The molecular weight excluding hydrogens is 426 g/mol. The number of anilines is 1. The molecule has 168 valence electrons. The van der Waals surface area contributed by atoms with Gasteiger partial charge >= 0.3 is 12.1 Å². The number of fused-ring (bicyclic) bond motifs is 3. The van der Waals surface area contributed by atoms with E-state index in [4.69, 9.17) is 9.84 Å². The third-order valence-corrected chi connectivity index (χ3v) is 5.26. The van der Waals surface area contributed by atoms with Gasteiger partial charge in [0.1, 0.15) is 12.6 Å². The van der Waals surface area contributed by atoms with Crippen LogP contribution < -0.4 is 10.6 Å². The Labute approximate surface area is 188 Å². The summed E-state index contributed by atoms with van der Waals surface area (Å²) in [7, 11) is 0. The normalized spacial score (nSPS) is 12.8. The Bertz CT molecular complexity index is 1180. The number of H-pyrrole nitrogens is 1. The Morgan fingerprint density at radius 1 is 1.12 bits per heavy atom. The highest BCUT2D eigenvalue weighted by atomic mass is 16.5. The van der Waals surface area contributed by atoms with Crippen molar-refractivity contribution in [3.8, 4) is 11.1 Å². The third-order valence-electron chi connectivity index (χ3n) is 5.26. The summed E-state index contributed by atoms with van der Waals surface area (Å²) >= 11 is 0. The van der Waals surface area contributed by atoms with Gasteiger partial charge in [-0.05, 0) is 28.7 Å². The number of amides is 2. The summed E-state index contributed by atoms with van der Waals surface area (Å²) in [5.41, 5.74) is 4.39. The van der Waals surface area contributed by atoms with E-state index in [1.807, 2.05) is 48.5 Å². The van der Waals surface area contributed by atoms with Crippen molar-refractivity contribution in [3.05, 3.63) is 78.1 Å². The molecule has 1 heterocycles. The number of carboxylic acids is 1. The highest BCUT2D eigenvalue weighted by Crippen LogP contribution is 2.44. The Kier molecular flexibility index (Phi) is 6.16. The van der Waals surface area contributed by atoms with Crippen molar-refractivity contribution < 1.29 is 24.2 Å². The second-order valence-corrected chi connectivity index (χ2v) is 7.35. The average Bonchev–Trinajstić information content (AvgIpc) is 3.40. The second kappa shape index (κ2) is 9.35. The maximum atomic E-state index is 12.3. The van der Waals surface area contributed by atoms with Gasteiger partial charge in [0.05, 0.1) is 0 Å². The van der Waals surface area contributed by atoms with E-state index in [9.17, 15) is 14.4 Å². The number of benzene rings is 2. The van der Waals surface area contributed by atoms with Crippen molar-refractivity contribution in [3.63, 3.8) is 0 Å². The van der Waals surface area contributed by atoms with Crippen molar-refractivity contribution in [1.82, 2.24) is 20.5 Å². The number of aliphatic carboxylic acids is 1. The van der Waals surface area contributed by atoms with Gasteiger partial charge in [0.25, 0.3) is 11.9 Å². The van der Waals surface area contributed by atoms with Gasteiger partial charge in [-0.1, -0.05) is 54.6 Å². The quantitative estimate of drug-likeness (QED) is 0.388. The first-order valence-electron chi connectivity index (χ1n) is 10.2. The molecule has 1 aromatic heterocycles. The molecular formula is C23H21N5O5. The molecule has 0 saturated carbocycles. The fraction of sp³-hybridized carbons (Fsp3) is 0.174.